The van der Waals surface area contributed by atoms with E-state index in [1.54, 1.807) is 0 Å². The van der Waals surface area contributed by atoms with Crippen molar-refractivity contribution in [3.63, 3.8) is 0 Å². The van der Waals surface area contributed by atoms with Crippen LogP contribution >= 0.6 is 11.3 Å². The van der Waals surface area contributed by atoms with Crippen LogP contribution in [0, 0.1) is 0 Å². The topological polar surface area (TPSA) is 0 Å². The van der Waals surface area contributed by atoms with Crippen molar-refractivity contribution < 1.29 is 0 Å². The van der Waals surface area contributed by atoms with E-state index in [-0.39, 0.29) is 0 Å². The van der Waals surface area contributed by atoms with Crippen molar-refractivity contribution in [3.8, 4) is 0 Å². The van der Waals surface area contributed by atoms with Crippen molar-refractivity contribution in [3.05, 3.63) is 96.6 Å². The first-order chi connectivity index (χ1) is 23.3. The van der Waals surface area contributed by atoms with Crippen LogP contribution < -0.4 is 0 Å². The van der Waals surface area contributed by atoms with Crippen molar-refractivity contribution in [2.75, 3.05) is 0 Å². The van der Waals surface area contributed by atoms with Gasteiger partial charge in [-0.1, -0.05) is 222 Å². The highest BCUT2D eigenvalue weighted by molar-refractivity contribution is 7.25. The molecule has 4 aromatic carbocycles. The van der Waals surface area contributed by atoms with Crippen LogP contribution in [0.15, 0.2) is 91.0 Å². The molecule has 1 heterocycles. The molecule has 0 aliphatic heterocycles. The predicted octanol–water partition coefficient (Wildman–Crippen LogP) is 16.3. The Kier molecular flexibility index (Phi) is 21.0. The third-order valence-corrected chi connectivity index (χ3v) is 10.6. The van der Waals surface area contributed by atoms with Crippen LogP contribution in [-0.2, 0) is 6.42 Å². The standard InChI is InChI=1S/C18H38.C16H20.C12H8S/c1-3-5-7-9-11-13-15-17-18-16-14-12-10-8-6-4-2;1-2-3-4-5-9-14-11-8-12-15-10-6-7-13-16(14)15;1-3-7-11-9(5-1)10-6-2-4-8-12(10)13-11/h3-18H2,1-2H3;6-8,10-13H,2-5,9H2,1H3;1-8H. The van der Waals surface area contributed by atoms with Gasteiger partial charge in [-0.15, -0.1) is 11.3 Å². The Balaban J connectivity index is 0.000000193. The Labute approximate surface area is 293 Å². The molecule has 0 N–H and O–H groups in total. The molecule has 0 amide bonds. The summed E-state index contributed by atoms with van der Waals surface area (Å²) in [4.78, 5) is 0. The summed E-state index contributed by atoms with van der Waals surface area (Å²) in [6, 6.07) is 32.5. The lowest BCUT2D eigenvalue weighted by molar-refractivity contribution is 0.531. The first kappa shape index (κ1) is 38.8. The molecular formula is C46H66S. The molecular weight excluding hydrogens is 585 g/mol. The number of aryl methyl sites for hydroxylation is 1. The summed E-state index contributed by atoms with van der Waals surface area (Å²) in [6.45, 7) is 6.85. The summed E-state index contributed by atoms with van der Waals surface area (Å²) >= 11 is 1.86. The molecule has 0 fully saturated rings. The van der Waals surface area contributed by atoms with Crippen LogP contribution in [0.1, 0.15) is 155 Å². The molecule has 256 valence electrons. The molecule has 0 spiro atoms. The summed E-state index contributed by atoms with van der Waals surface area (Å²) in [7, 11) is 0. The highest BCUT2D eigenvalue weighted by Gasteiger charge is 2.02. The lowest BCUT2D eigenvalue weighted by atomic mass is 9.99. The van der Waals surface area contributed by atoms with Gasteiger partial charge >= 0.3 is 0 Å². The van der Waals surface area contributed by atoms with Gasteiger partial charge in [-0.05, 0) is 41.3 Å². The second-order valence-electron chi connectivity index (χ2n) is 13.5. The average molecular weight is 651 g/mol. The van der Waals surface area contributed by atoms with Crippen molar-refractivity contribution >= 4 is 42.3 Å². The fourth-order valence-corrected chi connectivity index (χ4v) is 7.65. The molecule has 0 unspecified atom stereocenters. The summed E-state index contributed by atoms with van der Waals surface area (Å²) in [6.07, 6.45) is 30.0. The van der Waals surface area contributed by atoms with E-state index in [4.69, 9.17) is 0 Å². The smallest absolute Gasteiger partial charge is 0.0355 e. The van der Waals surface area contributed by atoms with E-state index in [2.05, 4.69) is 112 Å². The quantitative estimate of drug-likeness (QED) is 0.0735. The van der Waals surface area contributed by atoms with E-state index >= 15 is 0 Å². The number of rotatable bonds is 20. The molecule has 0 saturated carbocycles. The van der Waals surface area contributed by atoms with E-state index in [9.17, 15) is 0 Å². The lowest BCUT2D eigenvalue weighted by Crippen LogP contribution is -1.87. The van der Waals surface area contributed by atoms with Gasteiger partial charge in [0.15, 0.2) is 0 Å². The van der Waals surface area contributed by atoms with Gasteiger partial charge in [0.1, 0.15) is 0 Å². The summed E-state index contributed by atoms with van der Waals surface area (Å²) < 4.78 is 2.76. The molecule has 0 radical (unpaired) electrons. The second-order valence-corrected chi connectivity index (χ2v) is 14.6. The minimum absolute atomic E-state index is 1.22. The van der Waals surface area contributed by atoms with Gasteiger partial charge in [-0.2, -0.15) is 0 Å². The van der Waals surface area contributed by atoms with Gasteiger partial charge in [0.25, 0.3) is 0 Å². The molecule has 0 nitrogen and oxygen atoms in total. The van der Waals surface area contributed by atoms with Gasteiger partial charge in [-0.25, -0.2) is 0 Å². The van der Waals surface area contributed by atoms with Crippen molar-refractivity contribution in [1.82, 2.24) is 0 Å². The van der Waals surface area contributed by atoms with Crippen LogP contribution in [0.25, 0.3) is 30.9 Å². The van der Waals surface area contributed by atoms with Gasteiger partial charge in [0.2, 0.25) is 0 Å². The van der Waals surface area contributed by atoms with Gasteiger partial charge in [-0.3, -0.25) is 0 Å². The highest BCUT2D eigenvalue weighted by atomic mass is 32.1. The first-order valence-electron chi connectivity index (χ1n) is 19.6. The third kappa shape index (κ3) is 15.4. The monoisotopic (exact) mass is 650 g/mol. The fourth-order valence-electron chi connectivity index (χ4n) is 6.55. The first-order valence-corrected chi connectivity index (χ1v) is 20.4. The zero-order valence-electron chi connectivity index (χ0n) is 30.4. The summed E-state index contributed by atoms with van der Waals surface area (Å²) in [5.41, 5.74) is 1.51. The zero-order chi connectivity index (χ0) is 33.2. The fraction of sp³-hybridized carbons (Fsp3) is 0.522. The SMILES string of the molecule is CCCCCCCCCCCCCCCCCC.CCCCCCc1cccc2ccccc12.c1ccc2c(c1)sc1ccccc12. The molecule has 0 aliphatic carbocycles. The van der Waals surface area contributed by atoms with Crippen LogP contribution in [0.4, 0.5) is 0 Å². The minimum atomic E-state index is 1.22. The number of unbranched alkanes of at least 4 members (excludes halogenated alkanes) is 18. The summed E-state index contributed by atoms with van der Waals surface area (Å²) in [5, 5.41) is 5.56. The molecule has 0 bridgehead atoms. The molecule has 0 saturated heterocycles. The van der Waals surface area contributed by atoms with Crippen molar-refractivity contribution in [1.29, 1.82) is 0 Å². The molecule has 5 rings (SSSR count). The van der Waals surface area contributed by atoms with E-state index in [0.29, 0.717) is 0 Å². The maximum Gasteiger partial charge on any atom is 0.0355 e. The van der Waals surface area contributed by atoms with Gasteiger partial charge in [0, 0.05) is 20.2 Å². The Morgan fingerprint density at radius 3 is 1.17 bits per heavy atom. The molecule has 0 aliphatic rings. The highest BCUT2D eigenvalue weighted by Crippen LogP contribution is 2.33. The number of fused-ring (bicyclic) bond motifs is 4. The predicted molar refractivity (Wildman–Crippen MR) is 216 cm³/mol. The molecule has 5 aromatic rings. The molecule has 47 heavy (non-hydrogen) atoms. The van der Waals surface area contributed by atoms with Crippen LogP contribution in [0.5, 0.6) is 0 Å². The van der Waals surface area contributed by atoms with Crippen LogP contribution in [0.3, 0.4) is 0 Å². The van der Waals surface area contributed by atoms with Gasteiger partial charge in [0.05, 0.1) is 0 Å². The third-order valence-electron chi connectivity index (χ3n) is 9.42. The van der Waals surface area contributed by atoms with E-state index in [1.807, 2.05) is 11.3 Å². The normalized spacial score (nSPS) is 11.0. The molecule has 0 atom stereocenters. The number of thiophene rings is 1. The second kappa shape index (κ2) is 25.4. The van der Waals surface area contributed by atoms with E-state index in [1.165, 1.54) is 171 Å². The maximum atomic E-state index is 2.29. The van der Waals surface area contributed by atoms with Crippen LogP contribution in [0.2, 0.25) is 0 Å². The van der Waals surface area contributed by atoms with Crippen molar-refractivity contribution in [2.45, 2.75) is 156 Å². The zero-order valence-corrected chi connectivity index (χ0v) is 31.2. The summed E-state index contributed by atoms with van der Waals surface area (Å²) in [5.74, 6) is 0. The Hall–Kier alpha value is -2.64. The minimum Gasteiger partial charge on any atom is -0.135 e. The number of hydrogen-bond acceptors (Lipinski definition) is 1. The van der Waals surface area contributed by atoms with Crippen molar-refractivity contribution in [2.24, 2.45) is 0 Å². The van der Waals surface area contributed by atoms with Crippen LogP contribution in [-0.4, -0.2) is 0 Å². The average Bonchev–Trinajstić information content (AvgIpc) is 3.50. The molecule has 1 aromatic heterocycles. The van der Waals surface area contributed by atoms with Gasteiger partial charge < -0.3 is 0 Å². The Morgan fingerprint density at radius 2 is 0.702 bits per heavy atom. The lowest BCUT2D eigenvalue weighted by Gasteiger charge is -2.06. The van der Waals surface area contributed by atoms with E-state index in [0.717, 1.165) is 0 Å². The number of hydrogen-bond donors (Lipinski definition) is 0. The Bertz CT molecular complexity index is 1390. The Morgan fingerprint density at radius 1 is 0.340 bits per heavy atom. The largest absolute Gasteiger partial charge is 0.135 e. The molecule has 1 heteroatoms. The number of benzene rings is 4. The maximum absolute atomic E-state index is 2.29. The van der Waals surface area contributed by atoms with E-state index < -0.39 is 0 Å².